The number of aryl methyl sites for hydroxylation is 1. The van der Waals surface area contributed by atoms with Gasteiger partial charge in [0.2, 0.25) is 0 Å². The molecule has 1 aromatic heterocycles. The molecule has 0 fully saturated rings. The molecule has 4 aliphatic rings. The molecule has 2 aromatic rings. The summed E-state index contributed by atoms with van der Waals surface area (Å²) in [5, 5.41) is 13.8. The van der Waals surface area contributed by atoms with Gasteiger partial charge in [-0.2, -0.15) is 18.3 Å². The van der Waals surface area contributed by atoms with Crippen molar-refractivity contribution in [1.29, 1.82) is 0 Å². The van der Waals surface area contributed by atoms with Gasteiger partial charge in [-0.3, -0.25) is 9.78 Å². The Morgan fingerprint density at radius 3 is 2.73 bits per heavy atom. The molecule has 1 amide bonds. The van der Waals surface area contributed by atoms with Crippen LogP contribution >= 0.6 is 0 Å². The number of hydrogen-bond acceptors (Lipinski definition) is 5. The van der Waals surface area contributed by atoms with Crippen LogP contribution in [0.4, 0.5) is 13.2 Å². The first-order chi connectivity index (χ1) is 17.5. The second-order valence-corrected chi connectivity index (χ2v) is 10.9. The molecule has 1 unspecified atom stereocenters. The van der Waals surface area contributed by atoms with Crippen LogP contribution in [-0.2, 0) is 23.1 Å². The lowest BCUT2D eigenvalue weighted by Gasteiger charge is -2.48. The second-order valence-electron chi connectivity index (χ2n) is 10.9. The Labute approximate surface area is 213 Å². The summed E-state index contributed by atoms with van der Waals surface area (Å²) >= 11 is 0. The number of hydrogen-bond donors (Lipinski definition) is 2. The molecule has 0 saturated heterocycles. The molecule has 0 radical (unpaired) electrons. The molecule has 1 aliphatic carbocycles. The van der Waals surface area contributed by atoms with Crippen LogP contribution in [-0.4, -0.2) is 28.8 Å². The molecule has 192 valence electrons. The summed E-state index contributed by atoms with van der Waals surface area (Å²) < 4.78 is 42.9. The maximum atomic E-state index is 14.3. The fourth-order valence-corrected chi connectivity index (χ4v) is 6.61. The van der Waals surface area contributed by atoms with Gasteiger partial charge in [-0.05, 0) is 73.9 Å². The topological polar surface area (TPSA) is 78.7 Å². The summed E-state index contributed by atoms with van der Waals surface area (Å²) in [5.41, 5.74) is 2.87. The van der Waals surface area contributed by atoms with Crippen molar-refractivity contribution in [2.75, 3.05) is 0 Å². The van der Waals surface area contributed by atoms with E-state index in [0.717, 1.165) is 36.1 Å². The van der Waals surface area contributed by atoms with E-state index in [2.05, 4.69) is 25.8 Å². The SMILES string of the molecule is CC[C@@]1(c2cccc(-c3ccnc4c3CCC4)c2)C2=C(CC(C)(C)NC2=O)NC2N=NC(C(F)(F)F)=C21. The van der Waals surface area contributed by atoms with E-state index in [0.29, 0.717) is 23.3 Å². The summed E-state index contributed by atoms with van der Waals surface area (Å²) in [4.78, 5) is 18.2. The highest BCUT2D eigenvalue weighted by atomic mass is 19.4. The number of aromatic nitrogens is 1. The fraction of sp³-hybridized carbons (Fsp3) is 0.429. The summed E-state index contributed by atoms with van der Waals surface area (Å²) in [7, 11) is 0. The monoisotopic (exact) mass is 507 g/mol. The minimum Gasteiger partial charge on any atom is -0.362 e. The molecule has 6 rings (SSSR count). The van der Waals surface area contributed by atoms with Gasteiger partial charge in [0.25, 0.3) is 5.91 Å². The number of rotatable bonds is 3. The Morgan fingerprint density at radius 1 is 1.16 bits per heavy atom. The number of halogens is 3. The van der Waals surface area contributed by atoms with Crippen molar-refractivity contribution in [2.45, 2.75) is 76.2 Å². The van der Waals surface area contributed by atoms with Crippen molar-refractivity contribution in [2.24, 2.45) is 10.2 Å². The number of fused-ring (bicyclic) bond motifs is 2. The van der Waals surface area contributed by atoms with E-state index in [9.17, 15) is 18.0 Å². The fourth-order valence-electron chi connectivity index (χ4n) is 6.61. The van der Waals surface area contributed by atoms with Crippen LogP contribution in [0.25, 0.3) is 11.1 Å². The number of allylic oxidation sites excluding steroid dienone is 1. The first-order valence-electron chi connectivity index (χ1n) is 12.7. The van der Waals surface area contributed by atoms with Crippen molar-refractivity contribution < 1.29 is 18.0 Å². The molecule has 6 nitrogen and oxygen atoms in total. The summed E-state index contributed by atoms with van der Waals surface area (Å²) in [6.07, 6.45) is -0.328. The van der Waals surface area contributed by atoms with E-state index >= 15 is 0 Å². The number of alkyl halides is 3. The smallest absolute Gasteiger partial charge is 0.362 e. The zero-order valence-electron chi connectivity index (χ0n) is 21.0. The first kappa shape index (κ1) is 23.9. The number of carbonyl (C=O) groups excluding carboxylic acids is 1. The third kappa shape index (κ3) is 3.54. The lowest BCUT2D eigenvalue weighted by Crippen LogP contribution is -2.58. The molecule has 3 aliphatic heterocycles. The molecule has 1 aromatic carbocycles. The van der Waals surface area contributed by atoms with Crippen LogP contribution < -0.4 is 10.6 Å². The van der Waals surface area contributed by atoms with Crippen molar-refractivity contribution in [3.8, 4) is 11.1 Å². The first-order valence-corrected chi connectivity index (χ1v) is 12.7. The molecular weight excluding hydrogens is 479 g/mol. The van der Waals surface area contributed by atoms with E-state index in [4.69, 9.17) is 0 Å². The molecular formula is C28H28F3N5O. The largest absolute Gasteiger partial charge is 0.435 e. The molecule has 9 heteroatoms. The van der Waals surface area contributed by atoms with Crippen molar-refractivity contribution in [1.82, 2.24) is 15.6 Å². The van der Waals surface area contributed by atoms with Crippen LogP contribution in [0.3, 0.4) is 0 Å². The Kier molecular flexibility index (Phi) is 5.17. The van der Waals surface area contributed by atoms with Crippen molar-refractivity contribution in [3.05, 3.63) is 75.9 Å². The molecule has 2 atom stereocenters. The van der Waals surface area contributed by atoms with Gasteiger partial charge in [0, 0.05) is 35.1 Å². The molecule has 4 heterocycles. The standard InChI is InChI=1S/C28H28F3N5O/c1-4-27(16-8-5-7-15(13-16)17-11-12-32-19-10-6-9-18(17)19)21-20(14-26(2,3)34-25(21)37)33-24-22(27)23(35-36-24)28(29,30)31/h5,7-8,11-13,24,33H,4,6,9-10,14H2,1-3H3,(H,34,37)/t24?,27-/m1/s1. The van der Waals surface area contributed by atoms with Crippen molar-refractivity contribution >= 4 is 5.91 Å². The zero-order valence-corrected chi connectivity index (χ0v) is 21.0. The van der Waals surface area contributed by atoms with Gasteiger partial charge in [-0.25, -0.2) is 0 Å². The van der Waals surface area contributed by atoms with Gasteiger partial charge in [-0.15, -0.1) is 5.11 Å². The molecule has 0 saturated carbocycles. The highest BCUT2D eigenvalue weighted by Crippen LogP contribution is 2.55. The normalized spacial score (nSPS) is 26.0. The average molecular weight is 508 g/mol. The number of azo groups is 1. The number of nitrogens with zero attached hydrogens (tertiary/aromatic N) is 3. The van der Waals surface area contributed by atoms with Crippen molar-refractivity contribution in [3.63, 3.8) is 0 Å². The quantitative estimate of drug-likeness (QED) is 0.564. The minimum absolute atomic E-state index is 0.00628. The Balaban J connectivity index is 1.63. The van der Waals surface area contributed by atoms with Gasteiger partial charge in [0.05, 0.1) is 11.0 Å². The number of pyridine rings is 1. The lowest BCUT2D eigenvalue weighted by molar-refractivity contribution is -0.120. The molecule has 37 heavy (non-hydrogen) atoms. The minimum atomic E-state index is -4.71. The van der Waals surface area contributed by atoms with Crippen LogP contribution in [0.15, 0.2) is 69.3 Å². The van der Waals surface area contributed by atoms with Gasteiger partial charge >= 0.3 is 6.18 Å². The zero-order chi connectivity index (χ0) is 26.2. The third-order valence-corrected chi connectivity index (χ3v) is 8.05. The lowest BCUT2D eigenvalue weighted by atomic mass is 9.61. The summed E-state index contributed by atoms with van der Waals surface area (Å²) in [6.45, 7) is 5.63. The Hall–Kier alpha value is -3.49. The highest BCUT2D eigenvalue weighted by Gasteiger charge is 2.57. The maximum absolute atomic E-state index is 14.3. The van der Waals surface area contributed by atoms with Gasteiger partial charge in [0.15, 0.2) is 11.9 Å². The number of carbonyl (C=O) groups is 1. The van der Waals surface area contributed by atoms with E-state index in [1.54, 1.807) is 6.20 Å². The maximum Gasteiger partial charge on any atom is 0.435 e. The van der Waals surface area contributed by atoms with Crippen LogP contribution in [0.2, 0.25) is 0 Å². The van der Waals surface area contributed by atoms with Crippen LogP contribution in [0.5, 0.6) is 0 Å². The summed E-state index contributed by atoms with van der Waals surface area (Å²) in [5.74, 6) is -0.366. The highest BCUT2D eigenvalue weighted by molar-refractivity contribution is 6.00. The number of nitrogens with one attached hydrogen (secondary N) is 2. The Morgan fingerprint density at radius 2 is 1.97 bits per heavy atom. The second kappa shape index (κ2) is 8.00. The third-order valence-electron chi connectivity index (χ3n) is 8.05. The van der Waals surface area contributed by atoms with E-state index in [1.807, 2.05) is 51.1 Å². The average Bonchev–Trinajstić information content (AvgIpc) is 3.49. The van der Waals surface area contributed by atoms with Gasteiger partial charge < -0.3 is 10.6 Å². The van der Waals surface area contributed by atoms with E-state index in [-0.39, 0.29) is 17.9 Å². The predicted molar refractivity (Wildman–Crippen MR) is 132 cm³/mol. The number of benzene rings is 1. The number of amides is 1. The molecule has 0 spiro atoms. The Bertz CT molecular complexity index is 1420. The predicted octanol–water partition coefficient (Wildman–Crippen LogP) is 5.65. The van der Waals surface area contributed by atoms with Gasteiger partial charge in [0.1, 0.15) is 0 Å². The van der Waals surface area contributed by atoms with Gasteiger partial charge in [-0.1, -0.05) is 25.1 Å². The molecule has 0 bridgehead atoms. The summed E-state index contributed by atoms with van der Waals surface area (Å²) in [6, 6.07) is 9.57. The van der Waals surface area contributed by atoms with Crippen LogP contribution in [0.1, 0.15) is 56.9 Å². The van der Waals surface area contributed by atoms with E-state index < -0.39 is 29.0 Å². The van der Waals surface area contributed by atoms with Crippen LogP contribution in [0, 0.1) is 0 Å². The molecule has 2 N–H and O–H groups in total. The van der Waals surface area contributed by atoms with E-state index in [1.165, 1.54) is 5.56 Å².